The second-order valence-corrected chi connectivity index (χ2v) is 4.34. The first kappa shape index (κ1) is 14.7. The van der Waals surface area contributed by atoms with Crippen molar-refractivity contribution in [3.05, 3.63) is 40.0 Å². The number of Topliss-reactive ketones (excluding diaryl/α,β-unsaturated/α-hetero) is 1. The van der Waals surface area contributed by atoms with Crippen molar-refractivity contribution < 1.29 is 22.4 Å². The normalized spacial score (nSPS) is 16.4. The molecule has 0 heterocycles. The van der Waals surface area contributed by atoms with Gasteiger partial charge in [-0.1, -0.05) is 6.92 Å². The van der Waals surface area contributed by atoms with Crippen molar-refractivity contribution in [3.63, 3.8) is 0 Å². The molecule has 7 heteroatoms. The number of hydrogen-bond donors (Lipinski definition) is 0. The molecule has 0 bridgehead atoms. The third kappa shape index (κ3) is 1.82. The lowest BCUT2D eigenvalue weighted by atomic mass is 9.92. The molecule has 0 aliphatic heterocycles. The zero-order chi connectivity index (χ0) is 15.9. The Labute approximate surface area is 116 Å². The molecule has 3 nitrogen and oxygen atoms in total. The molecule has 1 aliphatic rings. The second kappa shape index (κ2) is 5.02. The van der Waals surface area contributed by atoms with E-state index in [4.69, 9.17) is 10.5 Å². The van der Waals surface area contributed by atoms with Crippen LogP contribution in [0.2, 0.25) is 0 Å². The number of allylic oxidation sites excluding steroid dienone is 2. The van der Waals surface area contributed by atoms with E-state index in [-0.39, 0.29) is 6.42 Å². The van der Waals surface area contributed by atoms with Crippen molar-refractivity contribution in [1.29, 1.82) is 10.5 Å². The van der Waals surface area contributed by atoms with Gasteiger partial charge in [0.15, 0.2) is 29.1 Å². The van der Waals surface area contributed by atoms with Gasteiger partial charge in [-0.3, -0.25) is 4.79 Å². The highest BCUT2D eigenvalue weighted by atomic mass is 19.2. The lowest BCUT2D eigenvalue weighted by Gasteiger charge is -2.08. The van der Waals surface area contributed by atoms with Gasteiger partial charge in [0.1, 0.15) is 17.7 Å². The maximum absolute atomic E-state index is 13.9. The Kier molecular flexibility index (Phi) is 3.52. The van der Waals surface area contributed by atoms with E-state index in [1.54, 1.807) is 0 Å². The van der Waals surface area contributed by atoms with Gasteiger partial charge in [0.2, 0.25) is 0 Å². The minimum atomic E-state index is -2.09. The van der Waals surface area contributed by atoms with Crippen LogP contribution in [-0.4, -0.2) is 5.78 Å². The Bertz CT molecular complexity index is 768. The highest BCUT2D eigenvalue weighted by Crippen LogP contribution is 2.44. The number of nitriles is 2. The molecule has 106 valence electrons. The van der Waals surface area contributed by atoms with Crippen LogP contribution in [0.1, 0.15) is 29.3 Å². The molecule has 0 aromatic heterocycles. The van der Waals surface area contributed by atoms with Crippen LogP contribution < -0.4 is 0 Å². The monoisotopic (exact) mass is 294 g/mol. The number of rotatable bonds is 1. The lowest BCUT2D eigenvalue weighted by Crippen LogP contribution is -2.10. The molecule has 1 aromatic carbocycles. The molecule has 0 N–H and O–H groups in total. The predicted octanol–water partition coefficient (Wildman–Crippen LogP) is 3.27. The van der Waals surface area contributed by atoms with E-state index in [1.807, 2.05) is 0 Å². The molecule has 0 radical (unpaired) electrons. The van der Waals surface area contributed by atoms with Crippen LogP contribution in [0.15, 0.2) is 5.57 Å². The maximum atomic E-state index is 13.9. The van der Waals surface area contributed by atoms with Crippen LogP contribution in [0.3, 0.4) is 0 Å². The van der Waals surface area contributed by atoms with Gasteiger partial charge in [-0.15, -0.1) is 0 Å². The van der Waals surface area contributed by atoms with E-state index in [1.165, 1.54) is 19.1 Å². The van der Waals surface area contributed by atoms with Gasteiger partial charge in [0.25, 0.3) is 0 Å². The first-order valence-corrected chi connectivity index (χ1v) is 5.85. The van der Waals surface area contributed by atoms with Gasteiger partial charge in [0, 0.05) is 11.1 Å². The molecule has 1 aromatic rings. The average Bonchev–Trinajstić information content (AvgIpc) is 2.77. The predicted molar refractivity (Wildman–Crippen MR) is 62.5 cm³/mol. The van der Waals surface area contributed by atoms with Crippen molar-refractivity contribution in [2.45, 2.75) is 13.3 Å². The van der Waals surface area contributed by atoms with E-state index < -0.39 is 57.2 Å². The Morgan fingerprint density at radius 2 is 1.48 bits per heavy atom. The minimum absolute atomic E-state index is 0.0256. The summed E-state index contributed by atoms with van der Waals surface area (Å²) < 4.78 is 54.3. The number of hydrogen-bond acceptors (Lipinski definition) is 3. The highest BCUT2D eigenvalue weighted by molar-refractivity contribution is 6.15. The quantitative estimate of drug-likeness (QED) is 0.345. The summed E-state index contributed by atoms with van der Waals surface area (Å²) in [6, 6.07) is 2.92. The van der Waals surface area contributed by atoms with E-state index in [0.29, 0.717) is 0 Å². The fraction of sp³-hybridized carbons (Fsp3) is 0.214. The summed E-state index contributed by atoms with van der Waals surface area (Å²) in [4.78, 5) is 12.1. The van der Waals surface area contributed by atoms with Gasteiger partial charge in [-0.05, 0) is 6.42 Å². The molecule has 0 spiro atoms. The average molecular weight is 294 g/mol. The van der Waals surface area contributed by atoms with Crippen LogP contribution >= 0.6 is 0 Å². The van der Waals surface area contributed by atoms with E-state index in [0.717, 1.165) is 0 Å². The number of halogens is 4. The summed E-state index contributed by atoms with van der Waals surface area (Å²) >= 11 is 0. The zero-order valence-corrected chi connectivity index (χ0v) is 10.6. The van der Waals surface area contributed by atoms with E-state index >= 15 is 0 Å². The third-order valence-electron chi connectivity index (χ3n) is 3.35. The van der Waals surface area contributed by atoms with Gasteiger partial charge >= 0.3 is 0 Å². The topological polar surface area (TPSA) is 64.7 Å². The Balaban J connectivity index is 3.02. The SMILES string of the molecule is CCC1C(=O)c2c(F)c(F)c(F)c(F)c2C1=C(C#N)C#N. The summed E-state index contributed by atoms with van der Waals surface area (Å²) in [5, 5.41) is 17.7. The molecular weight excluding hydrogens is 288 g/mol. The summed E-state index contributed by atoms with van der Waals surface area (Å²) in [7, 11) is 0. The standard InChI is InChI=1S/C14H6F4N2O/c1-2-6-7(5(3-19)4-20)8-9(14(6)21)11(16)13(18)12(17)10(8)15/h6H,2H2,1H3. The maximum Gasteiger partial charge on any atom is 0.198 e. The summed E-state index contributed by atoms with van der Waals surface area (Å²) in [5.41, 5.74) is -2.80. The molecule has 1 aliphatic carbocycles. The fourth-order valence-corrected chi connectivity index (χ4v) is 2.43. The van der Waals surface area contributed by atoms with Crippen molar-refractivity contribution in [2.24, 2.45) is 5.92 Å². The number of carbonyl (C=O) groups excluding carboxylic acids is 1. The number of benzene rings is 1. The van der Waals surface area contributed by atoms with E-state index in [2.05, 4.69) is 0 Å². The first-order valence-electron chi connectivity index (χ1n) is 5.85. The lowest BCUT2D eigenvalue weighted by molar-refractivity contribution is 0.0951. The van der Waals surface area contributed by atoms with Crippen LogP contribution in [0.25, 0.3) is 5.57 Å². The van der Waals surface area contributed by atoms with Crippen LogP contribution in [0, 0.1) is 51.8 Å². The highest BCUT2D eigenvalue weighted by Gasteiger charge is 2.43. The molecule has 1 atom stereocenters. The molecule has 2 rings (SSSR count). The molecule has 1 unspecified atom stereocenters. The second-order valence-electron chi connectivity index (χ2n) is 4.34. The molecule has 0 saturated heterocycles. The number of nitrogens with zero attached hydrogens (tertiary/aromatic N) is 2. The smallest absolute Gasteiger partial charge is 0.198 e. The number of carbonyl (C=O) groups is 1. The molecule has 0 fully saturated rings. The fourth-order valence-electron chi connectivity index (χ4n) is 2.43. The summed E-state index contributed by atoms with van der Waals surface area (Å²) in [5.74, 6) is -9.90. The van der Waals surface area contributed by atoms with Crippen LogP contribution in [0.5, 0.6) is 0 Å². The third-order valence-corrected chi connectivity index (χ3v) is 3.35. The Morgan fingerprint density at radius 3 is 1.90 bits per heavy atom. The summed E-state index contributed by atoms with van der Waals surface area (Å²) in [6.07, 6.45) is 0.0256. The van der Waals surface area contributed by atoms with Crippen molar-refractivity contribution in [3.8, 4) is 12.1 Å². The zero-order valence-electron chi connectivity index (χ0n) is 10.6. The molecule has 0 amide bonds. The number of ketones is 1. The van der Waals surface area contributed by atoms with Crippen LogP contribution in [-0.2, 0) is 0 Å². The molecule has 21 heavy (non-hydrogen) atoms. The summed E-state index contributed by atoms with van der Waals surface area (Å²) in [6.45, 7) is 1.49. The molecular formula is C14H6F4N2O. The Hall–Kier alpha value is -2.67. The van der Waals surface area contributed by atoms with Gasteiger partial charge in [-0.2, -0.15) is 10.5 Å². The van der Waals surface area contributed by atoms with Gasteiger partial charge in [0.05, 0.1) is 11.5 Å². The Morgan fingerprint density at radius 1 is 1.00 bits per heavy atom. The van der Waals surface area contributed by atoms with E-state index in [9.17, 15) is 22.4 Å². The van der Waals surface area contributed by atoms with Crippen molar-refractivity contribution >= 4 is 11.4 Å². The van der Waals surface area contributed by atoms with Gasteiger partial charge in [-0.25, -0.2) is 17.6 Å². The largest absolute Gasteiger partial charge is 0.293 e. The van der Waals surface area contributed by atoms with Crippen molar-refractivity contribution in [2.75, 3.05) is 0 Å². The number of fused-ring (bicyclic) bond motifs is 1. The first-order chi connectivity index (χ1) is 9.90. The molecule has 0 saturated carbocycles. The minimum Gasteiger partial charge on any atom is -0.293 e. The van der Waals surface area contributed by atoms with Gasteiger partial charge < -0.3 is 0 Å². The van der Waals surface area contributed by atoms with Crippen LogP contribution in [0.4, 0.5) is 17.6 Å². The van der Waals surface area contributed by atoms with Crippen molar-refractivity contribution in [1.82, 2.24) is 0 Å².